The SMILES string of the molecule is CN(CCCNc1ncncc1Cl)C1CCCCC1. The lowest BCUT2D eigenvalue weighted by Gasteiger charge is -2.31. The van der Waals surface area contributed by atoms with Crippen LogP contribution in [-0.2, 0) is 0 Å². The summed E-state index contributed by atoms with van der Waals surface area (Å²) in [5.41, 5.74) is 0. The second-order valence-corrected chi connectivity index (χ2v) is 5.68. The molecule has 1 N–H and O–H groups in total. The van der Waals surface area contributed by atoms with Crippen molar-refractivity contribution in [2.24, 2.45) is 0 Å². The minimum atomic E-state index is 0.586. The Morgan fingerprint density at radius 3 is 2.89 bits per heavy atom. The molecule has 0 aromatic carbocycles. The summed E-state index contributed by atoms with van der Waals surface area (Å²) in [7, 11) is 2.24. The van der Waals surface area contributed by atoms with Crippen LogP contribution in [-0.4, -0.2) is 41.0 Å². The van der Waals surface area contributed by atoms with Gasteiger partial charge in [-0.3, -0.25) is 0 Å². The second kappa shape index (κ2) is 7.65. The molecule has 0 aliphatic heterocycles. The molecule has 0 bridgehead atoms. The Kier molecular flexibility index (Phi) is 5.86. The van der Waals surface area contributed by atoms with Crippen molar-refractivity contribution < 1.29 is 0 Å². The van der Waals surface area contributed by atoms with Crippen LogP contribution in [0.1, 0.15) is 38.5 Å². The molecule has 0 atom stereocenters. The maximum absolute atomic E-state index is 5.99. The molecule has 106 valence electrons. The molecule has 1 aliphatic carbocycles. The van der Waals surface area contributed by atoms with Gasteiger partial charge < -0.3 is 10.2 Å². The van der Waals surface area contributed by atoms with Crippen molar-refractivity contribution in [2.75, 3.05) is 25.5 Å². The van der Waals surface area contributed by atoms with Gasteiger partial charge in [0.15, 0.2) is 0 Å². The van der Waals surface area contributed by atoms with Gasteiger partial charge in [-0.1, -0.05) is 30.9 Å². The zero-order valence-corrected chi connectivity index (χ0v) is 12.4. The maximum Gasteiger partial charge on any atom is 0.148 e. The van der Waals surface area contributed by atoms with Crippen LogP contribution in [0.4, 0.5) is 5.82 Å². The van der Waals surface area contributed by atoms with Crippen molar-refractivity contribution >= 4 is 17.4 Å². The van der Waals surface area contributed by atoms with E-state index >= 15 is 0 Å². The van der Waals surface area contributed by atoms with Gasteiger partial charge in [-0.05, 0) is 32.9 Å². The second-order valence-electron chi connectivity index (χ2n) is 5.27. The molecule has 1 aliphatic rings. The molecular formula is C14H23ClN4. The lowest BCUT2D eigenvalue weighted by atomic mass is 9.94. The van der Waals surface area contributed by atoms with Crippen LogP contribution >= 0.6 is 11.6 Å². The molecule has 0 amide bonds. The molecule has 1 saturated carbocycles. The lowest BCUT2D eigenvalue weighted by Crippen LogP contribution is -2.34. The Labute approximate surface area is 120 Å². The zero-order valence-electron chi connectivity index (χ0n) is 11.6. The van der Waals surface area contributed by atoms with E-state index in [1.807, 2.05) is 0 Å². The van der Waals surface area contributed by atoms with Crippen LogP contribution in [0, 0.1) is 0 Å². The van der Waals surface area contributed by atoms with Crippen LogP contribution in [0.2, 0.25) is 5.02 Å². The Hall–Kier alpha value is -0.870. The van der Waals surface area contributed by atoms with Gasteiger partial charge in [-0.25, -0.2) is 9.97 Å². The number of rotatable bonds is 6. The molecule has 1 heterocycles. The van der Waals surface area contributed by atoms with Crippen LogP contribution in [0.3, 0.4) is 0 Å². The zero-order chi connectivity index (χ0) is 13.5. The highest BCUT2D eigenvalue weighted by molar-refractivity contribution is 6.32. The molecule has 4 nitrogen and oxygen atoms in total. The Balaban J connectivity index is 1.65. The van der Waals surface area contributed by atoms with E-state index in [4.69, 9.17) is 11.6 Å². The summed E-state index contributed by atoms with van der Waals surface area (Å²) in [6.07, 6.45) is 11.2. The predicted octanol–water partition coefficient (Wildman–Crippen LogP) is 3.20. The first-order valence-corrected chi connectivity index (χ1v) is 7.55. The fraction of sp³-hybridized carbons (Fsp3) is 0.714. The van der Waals surface area contributed by atoms with Gasteiger partial charge >= 0.3 is 0 Å². The molecule has 0 saturated heterocycles. The molecule has 0 unspecified atom stereocenters. The van der Waals surface area contributed by atoms with E-state index < -0.39 is 0 Å². The summed E-state index contributed by atoms with van der Waals surface area (Å²) < 4.78 is 0. The summed E-state index contributed by atoms with van der Waals surface area (Å²) in [5.74, 6) is 0.733. The normalized spacial score (nSPS) is 16.8. The molecule has 1 fully saturated rings. The number of aromatic nitrogens is 2. The average molecular weight is 283 g/mol. The van der Waals surface area contributed by atoms with Crippen LogP contribution in [0.25, 0.3) is 0 Å². The first-order valence-electron chi connectivity index (χ1n) is 7.17. The number of anilines is 1. The molecular weight excluding hydrogens is 260 g/mol. The minimum absolute atomic E-state index is 0.586. The van der Waals surface area contributed by atoms with Crippen LogP contribution < -0.4 is 5.32 Å². The van der Waals surface area contributed by atoms with E-state index in [9.17, 15) is 0 Å². The highest BCUT2D eigenvalue weighted by Gasteiger charge is 2.17. The monoisotopic (exact) mass is 282 g/mol. The van der Waals surface area contributed by atoms with Crippen molar-refractivity contribution in [1.29, 1.82) is 0 Å². The molecule has 5 heteroatoms. The minimum Gasteiger partial charge on any atom is -0.369 e. The van der Waals surface area contributed by atoms with Crippen molar-refractivity contribution in [1.82, 2.24) is 14.9 Å². The van der Waals surface area contributed by atoms with Crippen molar-refractivity contribution in [3.63, 3.8) is 0 Å². The third-order valence-corrected chi connectivity index (χ3v) is 4.12. The highest BCUT2D eigenvalue weighted by Crippen LogP contribution is 2.21. The summed E-state index contributed by atoms with van der Waals surface area (Å²) in [4.78, 5) is 10.5. The van der Waals surface area contributed by atoms with E-state index in [-0.39, 0.29) is 0 Å². The fourth-order valence-electron chi connectivity index (χ4n) is 2.68. The van der Waals surface area contributed by atoms with Crippen LogP contribution in [0.5, 0.6) is 0 Å². The third-order valence-electron chi connectivity index (χ3n) is 3.85. The van der Waals surface area contributed by atoms with E-state index in [2.05, 4.69) is 27.2 Å². The first-order chi connectivity index (χ1) is 9.27. The smallest absolute Gasteiger partial charge is 0.148 e. The summed E-state index contributed by atoms with van der Waals surface area (Å²) in [5, 5.41) is 3.85. The molecule has 1 aromatic heterocycles. The quantitative estimate of drug-likeness (QED) is 0.814. The summed E-state index contributed by atoms with van der Waals surface area (Å²) >= 11 is 5.99. The topological polar surface area (TPSA) is 41.0 Å². The van der Waals surface area contributed by atoms with Crippen molar-refractivity contribution in [3.8, 4) is 0 Å². The van der Waals surface area contributed by atoms with E-state index in [1.165, 1.54) is 38.4 Å². The summed E-state index contributed by atoms with van der Waals surface area (Å²) in [6.45, 7) is 2.02. The maximum atomic E-state index is 5.99. The molecule has 0 radical (unpaired) electrons. The number of nitrogens with one attached hydrogen (secondary N) is 1. The number of hydrogen-bond acceptors (Lipinski definition) is 4. The van der Waals surface area contributed by atoms with E-state index in [0.29, 0.717) is 5.02 Å². The number of nitrogens with zero attached hydrogens (tertiary/aromatic N) is 3. The van der Waals surface area contributed by atoms with Crippen LogP contribution in [0.15, 0.2) is 12.5 Å². The third kappa shape index (κ3) is 4.62. The highest BCUT2D eigenvalue weighted by atomic mass is 35.5. The first kappa shape index (κ1) is 14.5. The largest absolute Gasteiger partial charge is 0.369 e. The number of halogens is 1. The van der Waals surface area contributed by atoms with Gasteiger partial charge in [0.05, 0.1) is 6.20 Å². The fourth-order valence-corrected chi connectivity index (χ4v) is 2.85. The average Bonchev–Trinajstić information content (AvgIpc) is 2.46. The Morgan fingerprint density at radius 2 is 2.16 bits per heavy atom. The molecule has 2 rings (SSSR count). The Bertz CT molecular complexity index is 379. The lowest BCUT2D eigenvalue weighted by molar-refractivity contribution is 0.191. The standard InChI is InChI=1S/C14H23ClN4/c1-19(12-6-3-2-4-7-12)9-5-8-17-14-13(15)10-16-11-18-14/h10-12H,2-9H2,1H3,(H,16,17,18). The molecule has 19 heavy (non-hydrogen) atoms. The summed E-state index contributed by atoms with van der Waals surface area (Å²) in [6, 6.07) is 0.788. The van der Waals surface area contributed by atoms with Gasteiger partial charge in [0.25, 0.3) is 0 Å². The van der Waals surface area contributed by atoms with E-state index in [1.54, 1.807) is 6.20 Å². The van der Waals surface area contributed by atoms with Gasteiger partial charge in [-0.2, -0.15) is 0 Å². The van der Waals surface area contributed by atoms with Crippen molar-refractivity contribution in [3.05, 3.63) is 17.5 Å². The van der Waals surface area contributed by atoms with E-state index in [0.717, 1.165) is 31.4 Å². The predicted molar refractivity (Wildman–Crippen MR) is 79.7 cm³/mol. The van der Waals surface area contributed by atoms with Gasteiger partial charge in [0.1, 0.15) is 17.2 Å². The van der Waals surface area contributed by atoms with Gasteiger partial charge in [0.2, 0.25) is 0 Å². The number of hydrogen-bond donors (Lipinski definition) is 1. The molecule has 0 spiro atoms. The van der Waals surface area contributed by atoms with Gasteiger partial charge in [-0.15, -0.1) is 0 Å². The molecule has 1 aromatic rings. The Morgan fingerprint density at radius 1 is 1.37 bits per heavy atom. The van der Waals surface area contributed by atoms with Gasteiger partial charge in [0, 0.05) is 12.6 Å². The van der Waals surface area contributed by atoms with Crippen molar-refractivity contribution in [2.45, 2.75) is 44.6 Å².